The highest BCUT2D eigenvalue weighted by Crippen LogP contribution is 2.14. The summed E-state index contributed by atoms with van der Waals surface area (Å²) in [5.74, 6) is -0.447. The molecule has 7 nitrogen and oxygen atoms in total. The smallest absolute Gasteiger partial charge is 0.255 e. The molecule has 0 aromatic heterocycles. The molecule has 3 rings (SSSR count). The zero-order chi connectivity index (χ0) is 20.1. The Hall–Kier alpha value is -3.48. The monoisotopic (exact) mass is 379 g/mol. The van der Waals surface area contributed by atoms with Crippen molar-refractivity contribution in [3.05, 3.63) is 65.2 Å². The van der Waals surface area contributed by atoms with E-state index < -0.39 is 0 Å². The maximum Gasteiger partial charge on any atom is 0.255 e. The number of nitrogens with zero attached hydrogens (tertiary/aromatic N) is 2. The van der Waals surface area contributed by atoms with Gasteiger partial charge in [0.25, 0.3) is 11.8 Å². The minimum Gasteiger partial charge on any atom is -0.342 e. The lowest BCUT2D eigenvalue weighted by Crippen LogP contribution is -2.48. The van der Waals surface area contributed by atoms with E-state index in [1.807, 2.05) is 0 Å². The summed E-state index contributed by atoms with van der Waals surface area (Å²) < 4.78 is 0. The number of hydrogen-bond donors (Lipinski definition) is 1. The van der Waals surface area contributed by atoms with Crippen molar-refractivity contribution in [2.24, 2.45) is 0 Å². The molecule has 0 unspecified atom stereocenters. The lowest BCUT2D eigenvalue weighted by Gasteiger charge is -2.32. The topological polar surface area (TPSA) is 86.8 Å². The van der Waals surface area contributed by atoms with Gasteiger partial charge in [-0.2, -0.15) is 0 Å². The molecule has 1 heterocycles. The molecule has 1 N–H and O–H groups in total. The van der Waals surface area contributed by atoms with Gasteiger partial charge in [-0.05, 0) is 55.5 Å². The van der Waals surface area contributed by atoms with Crippen LogP contribution in [0.2, 0.25) is 0 Å². The Morgan fingerprint density at radius 3 is 1.89 bits per heavy atom. The average molecular weight is 379 g/mol. The molecule has 2 aromatic rings. The summed E-state index contributed by atoms with van der Waals surface area (Å²) in [4.78, 5) is 50.3. The average Bonchev–Trinajstić information content (AvgIpc) is 2.73. The zero-order valence-corrected chi connectivity index (χ0v) is 15.6. The third-order valence-electron chi connectivity index (χ3n) is 4.69. The maximum absolute atomic E-state index is 12.5. The number of carbonyl (C=O) groups excluding carboxylic acids is 4. The fourth-order valence-electron chi connectivity index (χ4n) is 2.97. The first-order valence-corrected chi connectivity index (χ1v) is 8.99. The van der Waals surface area contributed by atoms with Gasteiger partial charge in [0.1, 0.15) is 0 Å². The van der Waals surface area contributed by atoms with Crippen LogP contribution in [-0.2, 0) is 4.79 Å². The number of benzene rings is 2. The minimum absolute atomic E-state index is 0.0364. The van der Waals surface area contributed by atoms with Gasteiger partial charge in [0.15, 0.2) is 5.78 Å². The second-order valence-corrected chi connectivity index (χ2v) is 6.60. The van der Waals surface area contributed by atoms with Gasteiger partial charge in [-0.25, -0.2) is 0 Å². The third kappa shape index (κ3) is 4.43. The standard InChI is InChI=1S/C21H21N3O4/c1-15(26)16-6-8-19(9-7-16)22-20(27)17-2-4-18(5-3-17)21(28)24-12-10-23(14-25)11-13-24/h2-9,14H,10-13H2,1H3,(H,22,27). The van der Waals surface area contributed by atoms with Crippen molar-refractivity contribution in [1.82, 2.24) is 9.80 Å². The van der Waals surface area contributed by atoms with Gasteiger partial charge in [-0.1, -0.05) is 0 Å². The molecule has 0 aliphatic carbocycles. The summed E-state index contributed by atoms with van der Waals surface area (Å²) >= 11 is 0. The van der Waals surface area contributed by atoms with Crippen LogP contribution in [0.25, 0.3) is 0 Å². The molecule has 2 aromatic carbocycles. The zero-order valence-electron chi connectivity index (χ0n) is 15.6. The molecular formula is C21H21N3O4. The molecule has 3 amide bonds. The van der Waals surface area contributed by atoms with Crippen LogP contribution in [0.3, 0.4) is 0 Å². The van der Waals surface area contributed by atoms with Gasteiger partial charge in [0.2, 0.25) is 6.41 Å². The summed E-state index contributed by atoms with van der Waals surface area (Å²) in [6.45, 7) is 3.53. The van der Waals surface area contributed by atoms with Crippen LogP contribution in [0.5, 0.6) is 0 Å². The van der Waals surface area contributed by atoms with Crippen LogP contribution in [0.1, 0.15) is 38.0 Å². The van der Waals surface area contributed by atoms with E-state index in [1.54, 1.807) is 58.3 Å². The number of anilines is 1. The van der Waals surface area contributed by atoms with Gasteiger partial charge in [-0.3, -0.25) is 19.2 Å². The fraction of sp³-hybridized carbons (Fsp3) is 0.238. The molecule has 0 atom stereocenters. The molecular weight excluding hydrogens is 358 g/mol. The van der Waals surface area contributed by atoms with Crippen molar-refractivity contribution in [3.63, 3.8) is 0 Å². The highest BCUT2D eigenvalue weighted by atomic mass is 16.2. The quantitative estimate of drug-likeness (QED) is 0.636. The molecule has 7 heteroatoms. The fourth-order valence-corrected chi connectivity index (χ4v) is 2.97. The minimum atomic E-state index is -0.297. The van der Waals surface area contributed by atoms with Gasteiger partial charge in [0, 0.05) is 48.6 Å². The Labute approximate surface area is 162 Å². The highest BCUT2D eigenvalue weighted by molar-refractivity contribution is 6.05. The second kappa shape index (κ2) is 8.47. The number of Topliss-reactive ketones (excluding diaryl/α,β-unsaturated/α-hetero) is 1. The molecule has 1 fully saturated rings. The number of rotatable bonds is 5. The molecule has 0 bridgehead atoms. The lowest BCUT2D eigenvalue weighted by molar-refractivity contribution is -0.119. The van der Waals surface area contributed by atoms with Crippen LogP contribution < -0.4 is 5.32 Å². The summed E-state index contributed by atoms with van der Waals surface area (Å²) in [5.41, 5.74) is 2.10. The number of nitrogens with one attached hydrogen (secondary N) is 1. The van der Waals surface area contributed by atoms with E-state index in [4.69, 9.17) is 0 Å². The number of piperazine rings is 1. The Kier molecular flexibility index (Phi) is 5.84. The van der Waals surface area contributed by atoms with Crippen molar-refractivity contribution in [2.45, 2.75) is 6.92 Å². The van der Waals surface area contributed by atoms with Gasteiger partial charge < -0.3 is 15.1 Å². The van der Waals surface area contributed by atoms with Crippen molar-refractivity contribution in [1.29, 1.82) is 0 Å². The Bertz CT molecular complexity index is 883. The van der Waals surface area contributed by atoms with E-state index in [2.05, 4.69) is 5.32 Å². The van der Waals surface area contributed by atoms with Crippen molar-refractivity contribution < 1.29 is 19.2 Å². The number of ketones is 1. The maximum atomic E-state index is 12.5. The Morgan fingerprint density at radius 2 is 1.36 bits per heavy atom. The number of carbonyl (C=O) groups is 4. The normalized spacial score (nSPS) is 13.8. The summed E-state index contributed by atoms with van der Waals surface area (Å²) in [7, 11) is 0. The predicted octanol–water partition coefficient (Wildman–Crippen LogP) is 2.06. The second-order valence-electron chi connectivity index (χ2n) is 6.60. The van der Waals surface area contributed by atoms with Crippen molar-refractivity contribution in [2.75, 3.05) is 31.5 Å². The molecule has 1 aliphatic rings. The Balaban J connectivity index is 1.61. The van der Waals surface area contributed by atoms with E-state index >= 15 is 0 Å². The van der Waals surface area contributed by atoms with Gasteiger partial charge >= 0.3 is 0 Å². The first-order chi connectivity index (χ1) is 13.5. The molecule has 0 spiro atoms. The van der Waals surface area contributed by atoms with Crippen molar-refractivity contribution >= 4 is 29.7 Å². The first kappa shape index (κ1) is 19.3. The number of amides is 3. The van der Waals surface area contributed by atoms with Crippen LogP contribution in [-0.4, -0.2) is 60.0 Å². The molecule has 1 aliphatic heterocycles. The van der Waals surface area contributed by atoms with Crippen LogP contribution in [0, 0.1) is 0 Å². The Morgan fingerprint density at radius 1 is 0.821 bits per heavy atom. The van der Waals surface area contributed by atoms with Crippen LogP contribution >= 0.6 is 0 Å². The molecule has 1 saturated heterocycles. The molecule has 0 radical (unpaired) electrons. The van der Waals surface area contributed by atoms with E-state index in [0.29, 0.717) is 48.6 Å². The third-order valence-corrected chi connectivity index (χ3v) is 4.69. The van der Waals surface area contributed by atoms with E-state index in [1.165, 1.54) is 6.92 Å². The van der Waals surface area contributed by atoms with E-state index in [-0.39, 0.29) is 17.6 Å². The van der Waals surface area contributed by atoms with Crippen LogP contribution in [0.4, 0.5) is 5.69 Å². The summed E-state index contributed by atoms with van der Waals surface area (Å²) in [6, 6.07) is 13.1. The van der Waals surface area contributed by atoms with Crippen molar-refractivity contribution in [3.8, 4) is 0 Å². The first-order valence-electron chi connectivity index (χ1n) is 8.99. The number of hydrogen-bond acceptors (Lipinski definition) is 4. The van der Waals surface area contributed by atoms with Gasteiger partial charge in [0.05, 0.1) is 0 Å². The van der Waals surface area contributed by atoms with Crippen LogP contribution in [0.15, 0.2) is 48.5 Å². The molecule has 0 saturated carbocycles. The SMILES string of the molecule is CC(=O)c1ccc(NC(=O)c2ccc(C(=O)N3CCN(C=O)CC3)cc2)cc1. The summed E-state index contributed by atoms with van der Waals surface area (Å²) in [6.07, 6.45) is 0.795. The lowest BCUT2D eigenvalue weighted by atomic mass is 10.1. The highest BCUT2D eigenvalue weighted by Gasteiger charge is 2.21. The largest absolute Gasteiger partial charge is 0.342 e. The molecule has 28 heavy (non-hydrogen) atoms. The van der Waals surface area contributed by atoms with E-state index in [9.17, 15) is 19.2 Å². The van der Waals surface area contributed by atoms with E-state index in [0.717, 1.165) is 6.41 Å². The predicted molar refractivity (Wildman–Crippen MR) is 104 cm³/mol. The molecule has 144 valence electrons. The summed E-state index contributed by atoms with van der Waals surface area (Å²) in [5, 5.41) is 2.76. The van der Waals surface area contributed by atoms with Gasteiger partial charge in [-0.15, -0.1) is 0 Å².